The molecule has 0 aliphatic carbocycles. The van der Waals surface area contributed by atoms with E-state index < -0.39 is 0 Å². The lowest BCUT2D eigenvalue weighted by atomic mass is 10.2. The Morgan fingerprint density at radius 2 is 0.683 bits per heavy atom. The van der Waals surface area contributed by atoms with Crippen molar-refractivity contribution in [3.8, 4) is 0 Å². The van der Waals surface area contributed by atoms with Crippen molar-refractivity contribution >= 4 is 103 Å². The second-order valence-corrected chi connectivity index (χ2v) is 11.8. The summed E-state index contributed by atoms with van der Waals surface area (Å²) in [5, 5.41) is 19.6. The average molecular weight is 663 g/mol. The lowest BCUT2D eigenvalue weighted by Gasteiger charge is -2.13. The molecule has 6 N–H and O–H groups in total. The molecule has 220 valence electrons. The highest BCUT2D eigenvalue weighted by atomic mass is 32.1. The van der Waals surface area contributed by atoms with Gasteiger partial charge in [-0.15, -0.1) is 0 Å². The monoisotopic (exact) mass is 662 g/mol. The molecule has 0 aliphatic rings. The Hall–Kier alpha value is -2.22. The molecule has 0 aromatic heterocycles. The third kappa shape index (κ3) is 16.7. The van der Waals surface area contributed by atoms with Gasteiger partial charge in [-0.25, -0.2) is 0 Å². The van der Waals surface area contributed by atoms with E-state index in [1.54, 1.807) is 0 Å². The van der Waals surface area contributed by atoms with Gasteiger partial charge in [-0.05, 0) is 6.42 Å². The van der Waals surface area contributed by atoms with Gasteiger partial charge < -0.3 is 31.9 Å². The third-order valence-electron chi connectivity index (χ3n) is 5.69. The molecule has 2 aromatic rings. The van der Waals surface area contributed by atoms with E-state index in [2.05, 4.69) is 31.9 Å². The average Bonchev–Trinajstić information content (AvgIpc) is 2.97. The van der Waals surface area contributed by atoms with E-state index in [-0.39, 0.29) is 0 Å². The van der Waals surface area contributed by atoms with Gasteiger partial charge in [-0.3, -0.25) is 0 Å². The maximum Gasteiger partial charge on any atom is 0.106 e. The van der Waals surface area contributed by atoms with Crippen LogP contribution in [-0.4, -0.2) is 69.2 Å². The molecule has 0 aliphatic heterocycles. The summed E-state index contributed by atoms with van der Waals surface area (Å²) in [7, 11) is 0. The minimum atomic E-state index is 0.696. The fraction of sp³-hybridized carbons (Fsp3) is 0.379. The zero-order valence-corrected chi connectivity index (χ0v) is 27.9. The predicted octanol–water partition coefficient (Wildman–Crippen LogP) is 4.54. The normalized spacial score (nSPS) is 10.1. The first-order valence-corrected chi connectivity index (χ1v) is 16.0. The van der Waals surface area contributed by atoms with Crippen molar-refractivity contribution in [2.24, 2.45) is 0 Å². The van der Waals surface area contributed by atoms with Crippen LogP contribution in [0.2, 0.25) is 0 Å². The van der Waals surface area contributed by atoms with Crippen molar-refractivity contribution in [2.75, 3.05) is 39.3 Å². The van der Waals surface area contributed by atoms with Gasteiger partial charge in [0.25, 0.3) is 0 Å². The summed E-state index contributed by atoms with van der Waals surface area (Å²) >= 11 is 32.5. The Morgan fingerprint density at radius 1 is 0.390 bits per heavy atom. The second kappa shape index (κ2) is 21.5. The Labute approximate surface area is 276 Å². The molecular weight excluding hydrogens is 625 g/mol. The van der Waals surface area contributed by atoms with Crippen LogP contribution in [0, 0.1) is 0 Å². The lowest BCUT2D eigenvalue weighted by molar-refractivity contribution is 0.731. The highest BCUT2D eigenvalue weighted by molar-refractivity contribution is 7.81. The standard InChI is InChI=1S/C29H38N6S6/c36-24(12-18-32-26(38)14-20-34-28(40)22-8-3-1-4-9-22)30-16-7-17-31-25(37)13-19-33-27(39)15-21-35-29(41)23-10-5-2-6-11-23/h1-6,8-11H,7,12-21H2,(H,30,36)(H,31,37)(H,32,38)(H,33,39)(H,34,40)(H,35,41). The molecule has 0 spiro atoms. The molecule has 2 rings (SSSR count). The Kier molecular flexibility index (Phi) is 18.3. The van der Waals surface area contributed by atoms with Crippen molar-refractivity contribution in [2.45, 2.75) is 32.1 Å². The third-order valence-corrected chi connectivity index (χ3v) is 7.85. The number of rotatable bonds is 18. The van der Waals surface area contributed by atoms with Gasteiger partial charge in [-0.1, -0.05) is 134 Å². The molecule has 2 aromatic carbocycles. The van der Waals surface area contributed by atoms with Crippen LogP contribution in [0.1, 0.15) is 43.2 Å². The van der Waals surface area contributed by atoms with E-state index in [1.807, 2.05) is 60.7 Å². The van der Waals surface area contributed by atoms with Gasteiger partial charge in [0.2, 0.25) is 0 Å². The largest absolute Gasteiger partial charge is 0.380 e. The fourth-order valence-corrected chi connectivity index (χ4v) is 4.78. The Bertz CT molecular complexity index is 1050. The Morgan fingerprint density at radius 3 is 1.02 bits per heavy atom. The van der Waals surface area contributed by atoms with Gasteiger partial charge in [-0.2, -0.15) is 0 Å². The van der Waals surface area contributed by atoms with E-state index in [4.69, 9.17) is 73.3 Å². The second-order valence-electron chi connectivity index (χ2n) is 9.00. The first-order chi connectivity index (χ1) is 19.8. The van der Waals surface area contributed by atoms with Gasteiger partial charge in [0.1, 0.15) is 9.98 Å². The summed E-state index contributed by atoms with van der Waals surface area (Å²) in [6.07, 6.45) is 3.82. The summed E-state index contributed by atoms with van der Waals surface area (Å²) in [5.41, 5.74) is 2.02. The van der Waals surface area contributed by atoms with Crippen LogP contribution in [0.15, 0.2) is 60.7 Å². The molecule has 0 radical (unpaired) electrons. The smallest absolute Gasteiger partial charge is 0.106 e. The van der Waals surface area contributed by atoms with Gasteiger partial charge in [0, 0.05) is 76.1 Å². The highest BCUT2D eigenvalue weighted by Crippen LogP contribution is 2.00. The molecule has 0 saturated carbocycles. The molecule has 0 unspecified atom stereocenters. The van der Waals surface area contributed by atoms with Gasteiger partial charge in [0.15, 0.2) is 0 Å². The zero-order valence-electron chi connectivity index (χ0n) is 23.0. The van der Waals surface area contributed by atoms with Crippen LogP contribution < -0.4 is 31.9 Å². The van der Waals surface area contributed by atoms with E-state index in [0.29, 0.717) is 26.2 Å². The Balaban J connectivity index is 1.39. The molecule has 0 atom stereocenters. The molecule has 0 fully saturated rings. The van der Waals surface area contributed by atoms with Crippen molar-refractivity contribution in [3.05, 3.63) is 71.8 Å². The van der Waals surface area contributed by atoms with Gasteiger partial charge >= 0.3 is 0 Å². The van der Waals surface area contributed by atoms with E-state index in [0.717, 1.165) is 86.3 Å². The maximum atomic E-state index is 5.43. The van der Waals surface area contributed by atoms with Crippen molar-refractivity contribution in [3.63, 3.8) is 0 Å². The van der Waals surface area contributed by atoms with Crippen LogP contribution in [-0.2, 0) is 0 Å². The molecular formula is C29H38N6S6. The number of hydrogen-bond donors (Lipinski definition) is 6. The SMILES string of the molecule is S=C(CCNC(=S)CCNC(=S)c1ccccc1)NCCCNC(=S)CCNC(=S)CCNC(=S)c1ccccc1. The molecule has 41 heavy (non-hydrogen) atoms. The van der Waals surface area contributed by atoms with Crippen LogP contribution in [0.25, 0.3) is 0 Å². The van der Waals surface area contributed by atoms with Crippen LogP contribution in [0.3, 0.4) is 0 Å². The van der Waals surface area contributed by atoms with Crippen LogP contribution in [0.5, 0.6) is 0 Å². The molecule has 6 nitrogen and oxygen atoms in total. The number of hydrogen-bond acceptors (Lipinski definition) is 6. The first-order valence-electron chi connectivity index (χ1n) is 13.6. The molecule has 0 heterocycles. The van der Waals surface area contributed by atoms with Crippen LogP contribution in [0.4, 0.5) is 0 Å². The summed E-state index contributed by atoms with van der Waals surface area (Å²) < 4.78 is 0. The van der Waals surface area contributed by atoms with E-state index >= 15 is 0 Å². The topological polar surface area (TPSA) is 72.2 Å². The molecule has 0 bridgehead atoms. The van der Waals surface area contributed by atoms with Crippen LogP contribution >= 0.6 is 73.3 Å². The molecule has 0 amide bonds. The maximum absolute atomic E-state index is 5.43. The molecule has 12 heteroatoms. The van der Waals surface area contributed by atoms with E-state index in [1.165, 1.54) is 0 Å². The number of benzene rings is 2. The van der Waals surface area contributed by atoms with Gasteiger partial charge in [0.05, 0.1) is 20.0 Å². The summed E-state index contributed by atoms with van der Waals surface area (Å²) in [6.45, 7) is 4.39. The first kappa shape index (κ1) is 35.0. The predicted molar refractivity (Wildman–Crippen MR) is 198 cm³/mol. The number of thiocarbonyl (C=S) groups is 6. The summed E-state index contributed by atoms with van der Waals surface area (Å²) in [4.78, 5) is 4.71. The summed E-state index contributed by atoms with van der Waals surface area (Å²) in [6, 6.07) is 19.8. The minimum absolute atomic E-state index is 0.696. The quantitative estimate of drug-likeness (QED) is 0.100. The fourth-order valence-electron chi connectivity index (χ4n) is 3.49. The highest BCUT2D eigenvalue weighted by Gasteiger charge is 2.04. The number of nitrogens with one attached hydrogen (secondary N) is 6. The summed E-state index contributed by atoms with van der Waals surface area (Å²) in [5.74, 6) is 0. The van der Waals surface area contributed by atoms with Crippen molar-refractivity contribution in [1.82, 2.24) is 31.9 Å². The van der Waals surface area contributed by atoms with E-state index in [9.17, 15) is 0 Å². The lowest BCUT2D eigenvalue weighted by Crippen LogP contribution is -2.33. The molecule has 0 saturated heterocycles. The van der Waals surface area contributed by atoms with Crippen molar-refractivity contribution < 1.29 is 0 Å². The van der Waals surface area contributed by atoms with Crippen molar-refractivity contribution in [1.29, 1.82) is 0 Å². The zero-order chi connectivity index (χ0) is 29.7. The minimum Gasteiger partial charge on any atom is -0.380 e.